The molecule has 7 nitrogen and oxygen atoms in total. The molecule has 7 heteroatoms. The summed E-state index contributed by atoms with van der Waals surface area (Å²) in [6.45, 7) is 0.986. The predicted octanol–water partition coefficient (Wildman–Crippen LogP) is 1.44. The average molecular weight is 384 g/mol. The van der Waals surface area contributed by atoms with Crippen LogP contribution in [-0.4, -0.2) is 41.7 Å². The second-order valence-electron chi connectivity index (χ2n) is 8.01. The number of nitrogens with zero attached hydrogens (tertiary/aromatic N) is 1. The summed E-state index contributed by atoms with van der Waals surface area (Å²) in [5.74, 6) is -1.63. The minimum Gasteiger partial charge on any atom is -0.454 e. The number of ether oxygens (including phenoxy) is 1. The predicted molar refractivity (Wildman–Crippen MR) is 98.5 cm³/mol. The highest BCUT2D eigenvalue weighted by atomic mass is 16.5. The van der Waals surface area contributed by atoms with E-state index in [4.69, 9.17) is 4.74 Å². The Kier molecular flexibility index (Phi) is 4.91. The van der Waals surface area contributed by atoms with Crippen molar-refractivity contribution in [2.45, 2.75) is 32.2 Å². The number of carbonyl (C=O) groups excluding carboxylic acids is 4. The number of fused-ring (bicyclic) bond motifs is 5. The molecule has 3 fully saturated rings. The van der Waals surface area contributed by atoms with Crippen LogP contribution in [0.4, 0.5) is 0 Å². The SMILES string of the molecule is C[C@@H](NC(=O)COC(=O)CN1C(=O)[C@@H]2[C@@H]3CC[C@@H](C3)[C@@H]2C1=O)c1ccccc1. The number of imide groups is 1. The van der Waals surface area contributed by atoms with Crippen molar-refractivity contribution >= 4 is 23.7 Å². The van der Waals surface area contributed by atoms with E-state index >= 15 is 0 Å². The number of rotatable bonds is 6. The first-order chi connectivity index (χ1) is 13.5. The Hall–Kier alpha value is -2.70. The van der Waals surface area contributed by atoms with Gasteiger partial charge < -0.3 is 10.1 Å². The molecular formula is C21H24N2O5. The summed E-state index contributed by atoms with van der Waals surface area (Å²) in [7, 11) is 0. The van der Waals surface area contributed by atoms with Crippen LogP contribution in [0.3, 0.4) is 0 Å². The monoisotopic (exact) mass is 384 g/mol. The zero-order chi connectivity index (χ0) is 19.8. The minimum absolute atomic E-state index is 0.219. The smallest absolute Gasteiger partial charge is 0.326 e. The maximum atomic E-state index is 12.6. The molecule has 1 aromatic carbocycles. The summed E-state index contributed by atoms with van der Waals surface area (Å²) in [6, 6.07) is 9.22. The van der Waals surface area contributed by atoms with Crippen molar-refractivity contribution in [2.75, 3.05) is 13.2 Å². The van der Waals surface area contributed by atoms with E-state index in [9.17, 15) is 19.2 Å². The number of amides is 3. The van der Waals surface area contributed by atoms with Gasteiger partial charge in [-0.2, -0.15) is 0 Å². The van der Waals surface area contributed by atoms with E-state index in [1.165, 1.54) is 0 Å². The van der Waals surface area contributed by atoms with Crippen molar-refractivity contribution in [3.8, 4) is 0 Å². The fourth-order valence-electron chi connectivity index (χ4n) is 5.06. The van der Waals surface area contributed by atoms with Crippen molar-refractivity contribution in [3.05, 3.63) is 35.9 Å². The third-order valence-electron chi connectivity index (χ3n) is 6.35. The summed E-state index contributed by atoms with van der Waals surface area (Å²) in [5.41, 5.74) is 0.941. The lowest BCUT2D eigenvalue weighted by atomic mass is 9.81. The Morgan fingerprint density at radius 3 is 2.32 bits per heavy atom. The van der Waals surface area contributed by atoms with Crippen molar-refractivity contribution < 1.29 is 23.9 Å². The van der Waals surface area contributed by atoms with Crippen LogP contribution < -0.4 is 5.32 Å². The molecule has 2 aliphatic carbocycles. The molecule has 4 rings (SSSR count). The van der Waals surface area contributed by atoms with Gasteiger partial charge in [0.1, 0.15) is 6.54 Å². The molecule has 1 aliphatic heterocycles. The normalized spacial score (nSPS) is 29.0. The molecule has 1 saturated heterocycles. The molecule has 3 amide bonds. The molecule has 0 radical (unpaired) electrons. The Bertz CT molecular complexity index is 780. The van der Waals surface area contributed by atoms with Gasteiger partial charge in [-0.25, -0.2) is 0 Å². The quantitative estimate of drug-likeness (QED) is 0.592. The molecule has 28 heavy (non-hydrogen) atoms. The zero-order valence-corrected chi connectivity index (χ0v) is 15.8. The van der Waals surface area contributed by atoms with Gasteiger partial charge in [-0.1, -0.05) is 30.3 Å². The van der Waals surface area contributed by atoms with Gasteiger partial charge in [0.2, 0.25) is 11.8 Å². The van der Waals surface area contributed by atoms with E-state index < -0.39 is 25.0 Å². The summed E-state index contributed by atoms with van der Waals surface area (Å²) in [6.07, 6.45) is 2.93. The van der Waals surface area contributed by atoms with Crippen LogP contribution in [0.25, 0.3) is 0 Å². The molecule has 1 heterocycles. The van der Waals surface area contributed by atoms with Crippen molar-refractivity contribution in [3.63, 3.8) is 0 Å². The fourth-order valence-corrected chi connectivity index (χ4v) is 5.06. The molecule has 0 aromatic heterocycles. The Morgan fingerprint density at radius 2 is 1.71 bits per heavy atom. The number of hydrogen-bond donors (Lipinski definition) is 1. The number of hydrogen-bond acceptors (Lipinski definition) is 5. The highest BCUT2D eigenvalue weighted by Crippen LogP contribution is 2.56. The van der Waals surface area contributed by atoms with Crippen LogP contribution in [-0.2, 0) is 23.9 Å². The van der Waals surface area contributed by atoms with Gasteiger partial charge in [0.05, 0.1) is 17.9 Å². The van der Waals surface area contributed by atoms with Gasteiger partial charge in [-0.05, 0) is 43.6 Å². The largest absolute Gasteiger partial charge is 0.454 e. The van der Waals surface area contributed by atoms with Crippen LogP contribution in [0.15, 0.2) is 30.3 Å². The van der Waals surface area contributed by atoms with Crippen LogP contribution in [0.5, 0.6) is 0 Å². The lowest BCUT2D eigenvalue weighted by Gasteiger charge is -2.19. The first-order valence-corrected chi connectivity index (χ1v) is 9.81. The summed E-state index contributed by atoms with van der Waals surface area (Å²) in [4.78, 5) is 50.3. The Morgan fingerprint density at radius 1 is 1.11 bits per heavy atom. The Labute approximate surface area is 163 Å². The molecule has 1 N–H and O–H groups in total. The molecule has 0 unspecified atom stereocenters. The first kappa shape index (κ1) is 18.7. The van der Waals surface area contributed by atoms with Gasteiger partial charge in [-0.15, -0.1) is 0 Å². The number of esters is 1. The first-order valence-electron chi connectivity index (χ1n) is 9.81. The van der Waals surface area contributed by atoms with E-state index in [-0.39, 0.29) is 41.5 Å². The second-order valence-corrected chi connectivity index (χ2v) is 8.01. The van der Waals surface area contributed by atoms with Gasteiger partial charge in [0.25, 0.3) is 5.91 Å². The number of carbonyl (C=O) groups is 4. The highest BCUT2D eigenvalue weighted by Gasteiger charge is 2.61. The topological polar surface area (TPSA) is 92.8 Å². The maximum Gasteiger partial charge on any atom is 0.326 e. The third-order valence-corrected chi connectivity index (χ3v) is 6.35. The molecule has 0 spiro atoms. The number of benzene rings is 1. The van der Waals surface area contributed by atoms with Gasteiger partial charge in [-0.3, -0.25) is 24.1 Å². The second kappa shape index (κ2) is 7.37. The van der Waals surface area contributed by atoms with E-state index in [0.717, 1.165) is 29.7 Å². The molecule has 148 valence electrons. The Balaban J connectivity index is 1.26. The lowest BCUT2D eigenvalue weighted by molar-refractivity contribution is -0.155. The fraction of sp³-hybridized carbons (Fsp3) is 0.524. The molecular weight excluding hydrogens is 360 g/mol. The van der Waals surface area contributed by atoms with E-state index in [0.29, 0.717) is 0 Å². The van der Waals surface area contributed by atoms with Crippen molar-refractivity contribution in [1.29, 1.82) is 0 Å². The summed E-state index contributed by atoms with van der Waals surface area (Å²) < 4.78 is 4.99. The highest BCUT2D eigenvalue weighted by molar-refractivity contribution is 6.07. The van der Waals surface area contributed by atoms with Crippen molar-refractivity contribution in [2.24, 2.45) is 23.7 Å². The summed E-state index contributed by atoms with van der Waals surface area (Å²) in [5, 5.41) is 2.75. The van der Waals surface area contributed by atoms with E-state index in [1.54, 1.807) is 0 Å². The van der Waals surface area contributed by atoms with Gasteiger partial charge >= 0.3 is 5.97 Å². The van der Waals surface area contributed by atoms with E-state index in [1.807, 2.05) is 37.3 Å². The number of likely N-dealkylation sites (tertiary alicyclic amines) is 1. The van der Waals surface area contributed by atoms with Gasteiger partial charge in [0, 0.05) is 0 Å². The van der Waals surface area contributed by atoms with Crippen molar-refractivity contribution in [1.82, 2.24) is 10.2 Å². The minimum atomic E-state index is -0.739. The molecule has 5 atom stereocenters. The summed E-state index contributed by atoms with van der Waals surface area (Å²) >= 11 is 0. The molecule has 2 bridgehead atoms. The zero-order valence-electron chi connectivity index (χ0n) is 15.8. The third kappa shape index (κ3) is 3.30. The maximum absolute atomic E-state index is 12.6. The van der Waals surface area contributed by atoms with Gasteiger partial charge in [0.15, 0.2) is 6.61 Å². The standard InChI is InChI=1S/C21H24N2O5/c1-12(13-5-3-2-4-6-13)22-16(24)11-28-17(25)10-23-20(26)18-14-7-8-15(9-14)19(18)21(23)27/h2-6,12,14-15,18-19H,7-11H2,1H3,(H,22,24)/t12-,14-,15+,18-,19+/m1/s1. The van der Waals surface area contributed by atoms with Crippen LogP contribution in [0.2, 0.25) is 0 Å². The van der Waals surface area contributed by atoms with Crippen LogP contribution in [0, 0.1) is 23.7 Å². The van der Waals surface area contributed by atoms with Crippen LogP contribution in [0.1, 0.15) is 37.8 Å². The lowest BCUT2D eigenvalue weighted by Crippen LogP contribution is -2.39. The van der Waals surface area contributed by atoms with E-state index in [2.05, 4.69) is 5.32 Å². The molecule has 3 aliphatic rings. The number of nitrogens with one attached hydrogen (secondary N) is 1. The van der Waals surface area contributed by atoms with Crippen LogP contribution >= 0.6 is 0 Å². The average Bonchev–Trinajstić information content (AvgIpc) is 3.37. The molecule has 1 aromatic rings. The molecule has 2 saturated carbocycles.